The van der Waals surface area contributed by atoms with Crippen LogP contribution in [0.1, 0.15) is 16.1 Å². The van der Waals surface area contributed by atoms with Gasteiger partial charge in [-0.2, -0.15) is 5.10 Å². The van der Waals surface area contributed by atoms with E-state index in [0.717, 1.165) is 5.69 Å². The van der Waals surface area contributed by atoms with E-state index in [2.05, 4.69) is 9.82 Å². The molecule has 0 saturated heterocycles. The van der Waals surface area contributed by atoms with E-state index in [-0.39, 0.29) is 10.7 Å². The van der Waals surface area contributed by atoms with Crippen molar-refractivity contribution in [1.29, 1.82) is 0 Å². The summed E-state index contributed by atoms with van der Waals surface area (Å²) in [6.07, 6.45) is 4.73. The van der Waals surface area contributed by atoms with Crippen LogP contribution in [0.3, 0.4) is 0 Å². The van der Waals surface area contributed by atoms with Crippen LogP contribution in [0, 0.1) is 0 Å². The number of carbonyl (C=O) groups is 1. The minimum absolute atomic E-state index is 0.122. The lowest BCUT2D eigenvalue weighted by molar-refractivity contribution is 0.104. The zero-order valence-electron chi connectivity index (χ0n) is 11.6. The summed E-state index contributed by atoms with van der Waals surface area (Å²) >= 11 is 0. The van der Waals surface area contributed by atoms with Gasteiger partial charge < -0.3 is 0 Å². The third kappa shape index (κ3) is 3.45. The molecule has 0 radical (unpaired) electrons. The van der Waals surface area contributed by atoms with Crippen LogP contribution in [0.25, 0.3) is 6.08 Å². The summed E-state index contributed by atoms with van der Waals surface area (Å²) in [6.45, 7) is 0. The molecule has 0 atom stereocenters. The summed E-state index contributed by atoms with van der Waals surface area (Å²) in [5.74, 6) is -0.204. The van der Waals surface area contributed by atoms with Gasteiger partial charge in [-0.1, -0.05) is 0 Å². The number of allylic oxidation sites excluding steroid dienone is 1. The minimum Gasteiger partial charge on any atom is -0.289 e. The topological polar surface area (TPSA) is 81.1 Å². The zero-order chi connectivity index (χ0) is 15.5. The Hall–Kier alpha value is -2.25. The molecule has 0 amide bonds. The molecule has 6 nitrogen and oxygen atoms in total. The maximum atomic E-state index is 12.0. The van der Waals surface area contributed by atoms with Gasteiger partial charge >= 0.3 is 0 Å². The Kier molecular flexibility index (Phi) is 4.35. The number of hydrogen-bond acceptors (Lipinski definition) is 4. The van der Waals surface area contributed by atoms with E-state index in [0.29, 0.717) is 5.56 Å². The molecule has 2 rings (SSSR count). The van der Waals surface area contributed by atoms with Crippen LogP contribution in [-0.4, -0.2) is 31.0 Å². The van der Waals surface area contributed by atoms with Crippen molar-refractivity contribution < 1.29 is 13.2 Å². The fourth-order valence-corrected chi connectivity index (χ4v) is 2.45. The third-order valence-electron chi connectivity index (χ3n) is 2.98. The number of aryl methyl sites for hydroxylation is 1. The van der Waals surface area contributed by atoms with Crippen LogP contribution >= 0.6 is 0 Å². The predicted octanol–water partition coefficient (Wildman–Crippen LogP) is 1.22. The highest BCUT2D eigenvalue weighted by Crippen LogP contribution is 2.11. The van der Waals surface area contributed by atoms with E-state index in [4.69, 9.17) is 0 Å². The molecule has 1 heterocycles. The number of carbonyl (C=O) groups excluding carboxylic acids is 1. The molecule has 1 N–H and O–H groups in total. The first-order valence-corrected chi connectivity index (χ1v) is 7.66. The van der Waals surface area contributed by atoms with E-state index in [1.165, 1.54) is 37.4 Å². The molecule has 0 fully saturated rings. The fourth-order valence-electron chi connectivity index (χ4n) is 1.72. The van der Waals surface area contributed by atoms with E-state index >= 15 is 0 Å². The highest BCUT2D eigenvalue weighted by atomic mass is 32.2. The van der Waals surface area contributed by atoms with Gasteiger partial charge in [0.05, 0.1) is 10.6 Å². The monoisotopic (exact) mass is 305 g/mol. The molecule has 0 aliphatic rings. The summed E-state index contributed by atoms with van der Waals surface area (Å²) in [5.41, 5.74) is 1.22. The van der Waals surface area contributed by atoms with Gasteiger partial charge in [0.15, 0.2) is 5.78 Å². The van der Waals surface area contributed by atoms with Crippen LogP contribution < -0.4 is 4.72 Å². The van der Waals surface area contributed by atoms with Crippen LogP contribution in [-0.2, 0) is 17.1 Å². The van der Waals surface area contributed by atoms with Gasteiger partial charge in [-0.05, 0) is 49.5 Å². The summed E-state index contributed by atoms with van der Waals surface area (Å²) < 4.78 is 27.0. The van der Waals surface area contributed by atoms with Crippen LogP contribution in [0.15, 0.2) is 47.5 Å². The number of aromatic nitrogens is 2. The lowest BCUT2D eigenvalue weighted by Gasteiger charge is -2.02. The average Bonchev–Trinajstić information content (AvgIpc) is 2.90. The summed E-state index contributed by atoms with van der Waals surface area (Å²) in [6, 6.07) is 7.56. The summed E-state index contributed by atoms with van der Waals surface area (Å²) in [5, 5.41) is 4.00. The minimum atomic E-state index is -3.48. The Labute approximate surface area is 123 Å². The Morgan fingerprint density at radius 2 is 1.90 bits per heavy atom. The van der Waals surface area contributed by atoms with Gasteiger partial charge in [0, 0.05) is 18.8 Å². The molecule has 2 aromatic rings. The van der Waals surface area contributed by atoms with Crippen molar-refractivity contribution in [2.45, 2.75) is 4.90 Å². The Balaban J connectivity index is 2.18. The van der Waals surface area contributed by atoms with Crippen molar-refractivity contribution in [2.24, 2.45) is 7.05 Å². The molecule has 110 valence electrons. The first-order chi connectivity index (χ1) is 9.94. The average molecular weight is 305 g/mol. The van der Waals surface area contributed by atoms with Crippen LogP contribution in [0.4, 0.5) is 0 Å². The lowest BCUT2D eigenvalue weighted by Crippen LogP contribution is -2.18. The van der Waals surface area contributed by atoms with Gasteiger partial charge in [0.25, 0.3) is 0 Å². The largest absolute Gasteiger partial charge is 0.289 e. The van der Waals surface area contributed by atoms with Gasteiger partial charge in [-0.3, -0.25) is 9.48 Å². The Morgan fingerprint density at radius 3 is 2.43 bits per heavy atom. The van der Waals surface area contributed by atoms with Crippen molar-refractivity contribution in [3.05, 3.63) is 53.9 Å². The van der Waals surface area contributed by atoms with Crippen molar-refractivity contribution in [1.82, 2.24) is 14.5 Å². The molecule has 21 heavy (non-hydrogen) atoms. The first kappa shape index (κ1) is 15.1. The molecule has 0 aliphatic carbocycles. The molecule has 0 bridgehead atoms. The molecular weight excluding hydrogens is 290 g/mol. The smallest absolute Gasteiger partial charge is 0.240 e. The van der Waals surface area contributed by atoms with Crippen LogP contribution in [0.2, 0.25) is 0 Å². The molecule has 7 heteroatoms. The normalized spacial score (nSPS) is 11.9. The molecule has 0 spiro atoms. The first-order valence-electron chi connectivity index (χ1n) is 6.18. The van der Waals surface area contributed by atoms with Crippen molar-refractivity contribution in [3.8, 4) is 0 Å². The highest BCUT2D eigenvalue weighted by molar-refractivity contribution is 7.89. The van der Waals surface area contributed by atoms with Gasteiger partial charge in [-0.25, -0.2) is 13.1 Å². The van der Waals surface area contributed by atoms with E-state index in [1.807, 2.05) is 0 Å². The summed E-state index contributed by atoms with van der Waals surface area (Å²) in [4.78, 5) is 12.1. The highest BCUT2D eigenvalue weighted by Gasteiger charge is 2.11. The third-order valence-corrected chi connectivity index (χ3v) is 4.41. The standard InChI is InChI=1S/C14H15N3O3S/c1-15-21(19,20)13-6-3-11(4-7-13)14(18)8-5-12-9-10-16-17(12)2/h3-10,15H,1-2H3/b8-5+. The quantitative estimate of drug-likeness (QED) is 0.665. The number of hydrogen-bond donors (Lipinski definition) is 1. The van der Waals surface area contributed by atoms with Crippen LogP contribution in [0.5, 0.6) is 0 Å². The number of ketones is 1. The molecule has 0 unspecified atom stereocenters. The van der Waals surface area contributed by atoms with Crippen molar-refractivity contribution in [2.75, 3.05) is 7.05 Å². The second kappa shape index (κ2) is 6.02. The maximum absolute atomic E-state index is 12.0. The van der Waals surface area contributed by atoms with Gasteiger partial charge in [0.1, 0.15) is 0 Å². The van der Waals surface area contributed by atoms with E-state index in [9.17, 15) is 13.2 Å². The number of nitrogens with zero attached hydrogens (tertiary/aromatic N) is 2. The van der Waals surface area contributed by atoms with Gasteiger partial charge in [0.2, 0.25) is 10.0 Å². The second-order valence-electron chi connectivity index (χ2n) is 4.31. The predicted molar refractivity (Wildman–Crippen MR) is 79.3 cm³/mol. The van der Waals surface area contributed by atoms with Crippen molar-refractivity contribution >= 4 is 21.9 Å². The number of sulfonamides is 1. The SMILES string of the molecule is CNS(=O)(=O)c1ccc(C(=O)/C=C/c2ccnn2C)cc1. The lowest BCUT2D eigenvalue weighted by atomic mass is 10.1. The molecule has 1 aromatic carbocycles. The molecule has 0 aliphatic heterocycles. The number of rotatable bonds is 5. The number of benzene rings is 1. The fraction of sp³-hybridized carbons (Fsp3) is 0.143. The van der Waals surface area contributed by atoms with Crippen molar-refractivity contribution in [3.63, 3.8) is 0 Å². The molecule has 0 saturated carbocycles. The Morgan fingerprint density at radius 1 is 1.24 bits per heavy atom. The van der Waals surface area contributed by atoms with Gasteiger partial charge in [-0.15, -0.1) is 0 Å². The zero-order valence-corrected chi connectivity index (χ0v) is 12.5. The summed E-state index contributed by atoms with van der Waals surface area (Å²) in [7, 11) is -0.367. The Bertz CT molecular complexity index is 774. The second-order valence-corrected chi connectivity index (χ2v) is 6.20. The molecular formula is C14H15N3O3S. The maximum Gasteiger partial charge on any atom is 0.240 e. The number of nitrogens with one attached hydrogen (secondary N) is 1. The molecule has 1 aromatic heterocycles. The van der Waals surface area contributed by atoms with E-state index < -0.39 is 10.0 Å². The van der Waals surface area contributed by atoms with E-state index in [1.54, 1.807) is 30.1 Å².